The predicted octanol–water partition coefficient (Wildman–Crippen LogP) is 1.52. The lowest BCUT2D eigenvalue weighted by Crippen LogP contribution is -2.34. The third-order valence-electron chi connectivity index (χ3n) is 4.38. The topological polar surface area (TPSA) is 91.5 Å². The van der Waals surface area contributed by atoms with E-state index in [1.165, 1.54) is 0 Å². The van der Waals surface area contributed by atoms with Gasteiger partial charge in [-0.2, -0.15) is 10.2 Å². The lowest BCUT2D eigenvalue weighted by Gasteiger charge is -2.16. The van der Waals surface area contributed by atoms with Gasteiger partial charge in [0.1, 0.15) is 5.82 Å². The molecule has 1 fully saturated rings. The highest BCUT2D eigenvalue weighted by Gasteiger charge is 2.32. The van der Waals surface area contributed by atoms with Crippen LogP contribution in [0.3, 0.4) is 0 Å². The Morgan fingerprint density at radius 1 is 1.22 bits per heavy atom. The van der Waals surface area contributed by atoms with Crippen molar-refractivity contribution in [1.29, 1.82) is 0 Å². The van der Waals surface area contributed by atoms with Crippen LogP contribution in [0, 0.1) is 0 Å². The van der Waals surface area contributed by atoms with E-state index in [1.54, 1.807) is 0 Å². The summed E-state index contributed by atoms with van der Waals surface area (Å²) in [5.41, 5.74) is 2.08. The summed E-state index contributed by atoms with van der Waals surface area (Å²) in [6, 6.07) is 8.33. The third-order valence-corrected chi connectivity index (χ3v) is 4.38. The molecule has 23 heavy (non-hydrogen) atoms. The summed E-state index contributed by atoms with van der Waals surface area (Å²) in [4.78, 5) is 4.55. The zero-order valence-corrected chi connectivity index (χ0v) is 13.0. The third kappa shape index (κ3) is 2.73. The van der Waals surface area contributed by atoms with Crippen LogP contribution in [-0.2, 0) is 17.7 Å². The van der Waals surface area contributed by atoms with Crippen molar-refractivity contribution in [3.8, 4) is 0 Å². The van der Waals surface area contributed by atoms with E-state index in [1.807, 2.05) is 18.2 Å². The predicted molar refractivity (Wildman–Crippen MR) is 86.0 cm³/mol. The SMILES string of the molecule is CCc1nc([C@@H]2COC[C@@H]2NCc2[nH]nc3ccccc23)n[nH]1. The van der Waals surface area contributed by atoms with Gasteiger partial charge >= 0.3 is 0 Å². The van der Waals surface area contributed by atoms with E-state index >= 15 is 0 Å². The van der Waals surface area contributed by atoms with E-state index in [2.05, 4.69) is 43.7 Å². The minimum Gasteiger partial charge on any atom is -0.379 e. The number of nitrogens with one attached hydrogen (secondary N) is 3. The van der Waals surface area contributed by atoms with Crippen molar-refractivity contribution in [2.45, 2.75) is 31.8 Å². The van der Waals surface area contributed by atoms with E-state index in [4.69, 9.17) is 4.74 Å². The van der Waals surface area contributed by atoms with Crippen molar-refractivity contribution >= 4 is 10.9 Å². The molecule has 120 valence electrons. The zero-order valence-electron chi connectivity index (χ0n) is 13.0. The van der Waals surface area contributed by atoms with Gasteiger partial charge in [0.15, 0.2) is 5.82 Å². The minimum atomic E-state index is 0.181. The molecule has 0 bridgehead atoms. The highest BCUT2D eigenvalue weighted by molar-refractivity contribution is 5.81. The van der Waals surface area contributed by atoms with Gasteiger partial charge in [0.25, 0.3) is 0 Å². The van der Waals surface area contributed by atoms with Gasteiger partial charge in [-0.05, 0) is 6.07 Å². The Balaban J connectivity index is 1.47. The summed E-state index contributed by atoms with van der Waals surface area (Å²) in [6.07, 6.45) is 0.860. The van der Waals surface area contributed by atoms with E-state index in [0.717, 1.165) is 41.2 Å². The number of aromatic nitrogens is 5. The summed E-state index contributed by atoms with van der Waals surface area (Å²) in [5, 5.41) is 19.5. The van der Waals surface area contributed by atoms with Crippen LogP contribution in [0.4, 0.5) is 0 Å². The van der Waals surface area contributed by atoms with Gasteiger partial charge in [0.05, 0.1) is 30.3 Å². The van der Waals surface area contributed by atoms with Gasteiger partial charge < -0.3 is 10.1 Å². The molecule has 0 aliphatic carbocycles. The number of H-pyrrole nitrogens is 2. The Morgan fingerprint density at radius 2 is 2.13 bits per heavy atom. The number of fused-ring (bicyclic) bond motifs is 1. The first-order chi connectivity index (χ1) is 11.3. The lowest BCUT2D eigenvalue weighted by molar-refractivity contribution is 0.187. The van der Waals surface area contributed by atoms with E-state index < -0.39 is 0 Å². The maximum absolute atomic E-state index is 5.64. The number of aromatic amines is 2. The number of hydrogen-bond donors (Lipinski definition) is 3. The standard InChI is InChI=1S/C16H20N6O/c1-2-15-18-16(22-21-15)11-8-23-9-14(11)17-7-13-10-5-3-4-6-12(10)19-20-13/h3-6,11,14,17H,2,7-9H2,1H3,(H,19,20)(H,18,21,22)/t11-,14+/m1/s1. The van der Waals surface area contributed by atoms with E-state index in [0.29, 0.717) is 13.2 Å². The van der Waals surface area contributed by atoms with Crippen LogP contribution in [0.1, 0.15) is 30.2 Å². The number of para-hydroxylation sites is 1. The number of hydrogen-bond acceptors (Lipinski definition) is 5. The minimum absolute atomic E-state index is 0.181. The lowest BCUT2D eigenvalue weighted by atomic mass is 10.0. The second-order valence-corrected chi connectivity index (χ2v) is 5.84. The van der Waals surface area contributed by atoms with Gasteiger partial charge in [-0.25, -0.2) is 4.98 Å². The normalized spacial score (nSPS) is 21.3. The number of benzene rings is 1. The average Bonchev–Trinajstić information content (AvgIpc) is 3.31. The number of nitrogens with zero attached hydrogens (tertiary/aromatic N) is 3. The van der Waals surface area contributed by atoms with Crippen molar-refractivity contribution in [3.63, 3.8) is 0 Å². The average molecular weight is 312 g/mol. The molecule has 1 aliphatic heterocycles. The molecule has 4 rings (SSSR count). The van der Waals surface area contributed by atoms with Crippen LogP contribution in [0.2, 0.25) is 0 Å². The Kier molecular flexibility index (Phi) is 3.80. The molecule has 2 atom stereocenters. The van der Waals surface area contributed by atoms with Crippen LogP contribution >= 0.6 is 0 Å². The van der Waals surface area contributed by atoms with Gasteiger partial charge in [-0.1, -0.05) is 25.1 Å². The maximum Gasteiger partial charge on any atom is 0.157 e. The van der Waals surface area contributed by atoms with E-state index in [-0.39, 0.29) is 12.0 Å². The van der Waals surface area contributed by atoms with Gasteiger partial charge in [0, 0.05) is 24.4 Å². The molecule has 7 nitrogen and oxygen atoms in total. The van der Waals surface area contributed by atoms with Crippen molar-refractivity contribution in [2.24, 2.45) is 0 Å². The first-order valence-electron chi connectivity index (χ1n) is 7.99. The molecule has 3 N–H and O–H groups in total. The Labute approximate surface area is 133 Å². The molecule has 0 amide bonds. The molecule has 2 aromatic heterocycles. The number of ether oxygens (including phenoxy) is 1. The number of aryl methyl sites for hydroxylation is 1. The van der Waals surface area contributed by atoms with Crippen molar-refractivity contribution in [1.82, 2.24) is 30.7 Å². The number of rotatable bonds is 5. The highest BCUT2D eigenvalue weighted by atomic mass is 16.5. The Hall–Kier alpha value is -2.25. The monoisotopic (exact) mass is 312 g/mol. The fraction of sp³-hybridized carbons (Fsp3) is 0.438. The molecule has 0 radical (unpaired) electrons. The molecule has 0 spiro atoms. The van der Waals surface area contributed by atoms with Crippen molar-refractivity contribution < 1.29 is 4.74 Å². The molecule has 3 aromatic rings. The molecule has 1 saturated heterocycles. The van der Waals surface area contributed by atoms with Crippen LogP contribution < -0.4 is 5.32 Å². The first-order valence-corrected chi connectivity index (χ1v) is 7.99. The largest absolute Gasteiger partial charge is 0.379 e. The molecule has 0 unspecified atom stereocenters. The van der Waals surface area contributed by atoms with Crippen molar-refractivity contribution in [3.05, 3.63) is 41.6 Å². The first kappa shape index (κ1) is 14.3. The smallest absolute Gasteiger partial charge is 0.157 e. The molecule has 0 saturated carbocycles. The summed E-state index contributed by atoms with van der Waals surface area (Å²) >= 11 is 0. The molecule has 1 aliphatic rings. The van der Waals surface area contributed by atoms with Gasteiger partial charge in [0.2, 0.25) is 0 Å². The summed E-state index contributed by atoms with van der Waals surface area (Å²) < 4.78 is 5.64. The van der Waals surface area contributed by atoms with Crippen LogP contribution in [0.5, 0.6) is 0 Å². The van der Waals surface area contributed by atoms with Gasteiger partial charge in [-0.15, -0.1) is 0 Å². The van der Waals surface area contributed by atoms with Crippen molar-refractivity contribution in [2.75, 3.05) is 13.2 Å². The summed E-state index contributed by atoms with van der Waals surface area (Å²) in [7, 11) is 0. The maximum atomic E-state index is 5.64. The van der Waals surface area contributed by atoms with Crippen LogP contribution in [0.25, 0.3) is 10.9 Å². The molecular formula is C16H20N6O. The second-order valence-electron chi connectivity index (χ2n) is 5.84. The van der Waals surface area contributed by atoms with Gasteiger partial charge in [-0.3, -0.25) is 10.2 Å². The fourth-order valence-corrected chi connectivity index (χ4v) is 3.03. The Morgan fingerprint density at radius 3 is 3.00 bits per heavy atom. The van der Waals surface area contributed by atoms with Crippen LogP contribution in [0.15, 0.2) is 24.3 Å². The molecular weight excluding hydrogens is 292 g/mol. The molecule has 3 heterocycles. The quantitative estimate of drug-likeness (QED) is 0.664. The van der Waals surface area contributed by atoms with Crippen LogP contribution in [-0.4, -0.2) is 44.6 Å². The Bertz CT molecular complexity index is 795. The fourth-order valence-electron chi connectivity index (χ4n) is 3.03. The zero-order chi connectivity index (χ0) is 15.6. The summed E-state index contributed by atoms with van der Waals surface area (Å²) in [5.74, 6) is 1.94. The highest BCUT2D eigenvalue weighted by Crippen LogP contribution is 2.24. The summed E-state index contributed by atoms with van der Waals surface area (Å²) in [6.45, 7) is 4.11. The molecule has 1 aromatic carbocycles. The molecule has 7 heteroatoms. The second kappa shape index (κ2) is 6.10. The van der Waals surface area contributed by atoms with E-state index in [9.17, 15) is 0 Å².